The topological polar surface area (TPSA) is 36.3 Å². The van der Waals surface area contributed by atoms with Crippen LogP contribution in [0.2, 0.25) is 0 Å². The first-order chi connectivity index (χ1) is 8.86. The quantitative estimate of drug-likeness (QED) is 0.761. The van der Waals surface area contributed by atoms with E-state index in [0.29, 0.717) is 0 Å². The first kappa shape index (κ1) is 13.2. The third kappa shape index (κ3) is 1.86. The van der Waals surface area contributed by atoms with Crippen molar-refractivity contribution in [2.45, 2.75) is 71.6 Å². The molecule has 0 spiro atoms. The molecule has 1 fully saturated rings. The second-order valence-electron chi connectivity index (χ2n) is 6.58. The Morgan fingerprint density at radius 3 is 2.42 bits per heavy atom. The molecule has 19 heavy (non-hydrogen) atoms. The third-order valence-corrected chi connectivity index (χ3v) is 4.78. The van der Waals surface area contributed by atoms with Crippen LogP contribution in [-0.2, 0) is 28.7 Å². The average Bonchev–Trinajstić information content (AvgIpc) is 2.89. The van der Waals surface area contributed by atoms with Crippen LogP contribution >= 0.6 is 0 Å². The molecule has 104 valence electrons. The van der Waals surface area contributed by atoms with Gasteiger partial charge < -0.3 is 9.31 Å². The van der Waals surface area contributed by atoms with Gasteiger partial charge in [0.25, 0.3) is 0 Å². The lowest BCUT2D eigenvalue weighted by atomic mass is 9.76. The Kier molecular flexibility index (Phi) is 2.84. The monoisotopic (exact) mass is 262 g/mol. The van der Waals surface area contributed by atoms with Gasteiger partial charge in [-0.05, 0) is 47.0 Å². The maximum absolute atomic E-state index is 6.20. The third-order valence-electron chi connectivity index (χ3n) is 4.78. The molecule has 1 saturated heterocycles. The molecule has 4 nitrogen and oxygen atoms in total. The van der Waals surface area contributed by atoms with Crippen molar-refractivity contribution in [3.63, 3.8) is 0 Å². The molecule has 0 atom stereocenters. The maximum Gasteiger partial charge on any atom is 0.498 e. The summed E-state index contributed by atoms with van der Waals surface area (Å²) in [7, 11) is -0.262. The van der Waals surface area contributed by atoms with Crippen LogP contribution in [0.4, 0.5) is 0 Å². The molecule has 2 aliphatic heterocycles. The highest BCUT2D eigenvalue weighted by Crippen LogP contribution is 2.37. The van der Waals surface area contributed by atoms with Crippen molar-refractivity contribution in [1.29, 1.82) is 0 Å². The lowest BCUT2D eigenvalue weighted by molar-refractivity contribution is 0.00578. The van der Waals surface area contributed by atoms with Crippen LogP contribution < -0.4 is 5.46 Å². The van der Waals surface area contributed by atoms with Crippen molar-refractivity contribution in [2.24, 2.45) is 0 Å². The van der Waals surface area contributed by atoms with Crippen LogP contribution in [0.15, 0.2) is 0 Å². The van der Waals surface area contributed by atoms with Crippen LogP contribution in [0.25, 0.3) is 0 Å². The molecular weight excluding hydrogens is 239 g/mol. The Labute approximate surface area is 115 Å². The van der Waals surface area contributed by atoms with Gasteiger partial charge in [0, 0.05) is 17.7 Å². The van der Waals surface area contributed by atoms with Crippen molar-refractivity contribution in [3.8, 4) is 0 Å². The molecule has 3 heterocycles. The zero-order valence-corrected chi connectivity index (χ0v) is 12.6. The van der Waals surface area contributed by atoms with E-state index in [-0.39, 0.29) is 18.3 Å². The van der Waals surface area contributed by atoms with E-state index in [2.05, 4.69) is 39.3 Å². The van der Waals surface area contributed by atoms with Gasteiger partial charge in [-0.1, -0.05) is 6.92 Å². The van der Waals surface area contributed by atoms with Crippen molar-refractivity contribution in [2.75, 3.05) is 0 Å². The molecule has 0 N–H and O–H groups in total. The highest BCUT2D eigenvalue weighted by Gasteiger charge is 2.53. The van der Waals surface area contributed by atoms with E-state index in [1.807, 2.05) is 0 Å². The van der Waals surface area contributed by atoms with Gasteiger partial charge in [-0.15, -0.1) is 0 Å². The molecule has 3 rings (SSSR count). The van der Waals surface area contributed by atoms with Gasteiger partial charge in [0.1, 0.15) is 0 Å². The molecule has 0 aromatic carbocycles. The van der Waals surface area contributed by atoms with E-state index in [1.54, 1.807) is 0 Å². The van der Waals surface area contributed by atoms with Gasteiger partial charge in [0.05, 0.1) is 16.9 Å². The van der Waals surface area contributed by atoms with Crippen molar-refractivity contribution < 1.29 is 9.31 Å². The Bertz CT molecular complexity index is 492. The highest BCUT2D eigenvalue weighted by atomic mass is 16.7. The molecule has 1 aromatic rings. The normalized spacial score (nSPS) is 23.9. The summed E-state index contributed by atoms with van der Waals surface area (Å²) in [5.74, 6) is 0. The van der Waals surface area contributed by atoms with Crippen molar-refractivity contribution >= 4 is 12.6 Å². The van der Waals surface area contributed by atoms with Gasteiger partial charge in [-0.3, -0.25) is 4.68 Å². The molecule has 5 heteroatoms. The fourth-order valence-electron chi connectivity index (χ4n) is 2.90. The summed E-state index contributed by atoms with van der Waals surface area (Å²) in [6.07, 6.45) is 3.20. The van der Waals surface area contributed by atoms with E-state index < -0.39 is 0 Å². The molecular formula is C14H23BN2O2. The van der Waals surface area contributed by atoms with Crippen LogP contribution in [0, 0.1) is 0 Å². The fourth-order valence-corrected chi connectivity index (χ4v) is 2.90. The Morgan fingerprint density at radius 2 is 1.84 bits per heavy atom. The van der Waals surface area contributed by atoms with Crippen molar-refractivity contribution in [3.05, 3.63) is 11.4 Å². The summed E-state index contributed by atoms with van der Waals surface area (Å²) in [5.41, 5.74) is 3.08. The Balaban J connectivity index is 2.00. The van der Waals surface area contributed by atoms with Crippen LogP contribution in [0.3, 0.4) is 0 Å². The number of hydrogen-bond acceptors (Lipinski definition) is 3. The summed E-state index contributed by atoms with van der Waals surface area (Å²) in [4.78, 5) is 0. The summed E-state index contributed by atoms with van der Waals surface area (Å²) < 4.78 is 14.5. The first-order valence-electron chi connectivity index (χ1n) is 7.30. The van der Waals surface area contributed by atoms with Gasteiger partial charge in [0.2, 0.25) is 0 Å². The molecule has 0 saturated carbocycles. The summed E-state index contributed by atoms with van der Waals surface area (Å²) in [5, 5.41) is 4.71. The number of hydrogen-bond donors (Lipinski definition) is 0. The standard InChI is InChI=1S/C14H23BN2O2/c1-6-10-12(11-8-7-9-17(11)16-10)15-18-13(2,3)14(4,5)19-15/h6-9H2,1-5H3. The van der Waals surface area contributed by atoms with Crippen molar-refractivity contribution in [1.82, 2.24) is 9.78 Å². The number of fused-ring (bicyclic) bond motifs is 1. The van der Waals surface area contributed by atoms with E-state index in [4.69, 9.17) is 14.4 Å². The molecule has 0 aliphatic carbocycles. The smallest absolute Gasteiger partial charge is 0.399 e. The fraction of sp³-hybridized carbons (Fsp3) is 0.786. The van der Waals surface area contributed by atoms with E-state index >= 15 is 0 Å². The number of aromatic nitrogens is 2. The lowest BCUT2D eigenvalue weighted by Crippen LogP contribution is -2.41. The summed E-state index contributed by atoms with van der Waals surface area (Å²) in [6, 6.07) is 0. The second kappa shape index (κ2) is 4.09. The molecule has 0 unspecified atom stereocenters. The number of aryl methyl sites for hydroxylation is 2. The molecule has 2 aliphatic rings. The highest BCUT2D eigenvalue weighted by molar-refractivity contribution is 6.63. The Morgan fingerprint density at radius 1 is 1.21 bits per heavy atom. The van der Waals surface area contributed by atoms with E-state index in [9.17, 15) is 0 Å². The predicted octanol–water partition coefficient (Wildman–Crippen LogP) is 1.69. The SMILES string of the molecule is CCc1nn2c(c1B1OC(C)(C)C(C)(C)O1)CCC2. The second-order valence-corrected chi connectivity index (χ2v) is 6.58. The lowest BCUT2D eigenvalue weighted by Gasteiger charge is -2.32. The molecule has 0 amide bonds. The average molecular weight is 262 g/mol. The zero-order valence-electron chi connectivity index (χ0n) is 12.6. The maximum atomic E-state index is 6.20. The minimum Gasteiger partial charge on any atom is -0.399 e. The first-order valence-corrected chi connectivity index (χ1v) is 7.30. The minimum absolute atomic E-state index is 0.262. The van der Waals surface area contributed by atoms with E-state index in [0.717, 1.165) is 25.1 Å². The number of rotatable bonds is 2. The summed E-state index contributed by atoms with van der Waals surface area (Å²) in [6.45, 7) is 11.6. The van der Waals surface area contributed by atoms with Crippen LogP contribution in [-0.4, -0.2) is 28.1 Å². The van der Waals surface area contributed by atoms with Gasteiger partial charge in [-0.2, -0.15) is 5.10 Å². The minimum atomic E-state index is -0.282. The molecule has 1 aromatic heterocycles. The van der Waals surface area contributed by atoms with Gasteiger partial charge in [-0.25, -0.2) is 0 Å². The zero-order chi connectivity index (χ0) is 13.8. The predicted molar refractivity (Wildman–Crippen MR) is 75.6 cm³/mol. The number of nitrogens with zero attached hydrogens (tertiary/aromatic N) is 2. The largest absolute Gasteiger partial charge is 0.498 e. The molecule has 0 bridgehead atoms. The Hall–Kier alpha value is -0.805. The van der Waals surface area contributed by atoms with Gasteiger partial charge >= 0.3 is 7.12 Å². The summed E-state index contributed by atoms with van der Waals surface area (Å²) >= 11 is 0. The van der Waals surface area contributed by atoms with Crippen LogP contribution in [0.1, 0.15) is 52.4 Å². The molecule has 0 radical (unpaired) electrons. The van der Waals surface area contributed by atoms with Crippen LogP contribution in [0.5, 0.6) is 0 Å². The van der Waals surface area contributed by atoms with Gasteiger partial charge in [0.15, 0.2) is 0 Å². The van der Waals surface area contributed by atoms with E-state index in [1.165, 1.54) is 17.6 Å².